The van der Waals surface area contributed by atoms with Crippen molar-refractivity contribution in [2.24, 2.45) is 0 Å². The molecule has 1 aromatic rings. The maximum Gasteiger partial charge on any atom is 0.345 e. The molecular weight excluding hydrogens is 188 g/mol. The van der Waals surface area contributed by atoms with Gasteiger partial charge in [0.2, 0.25) is 5.88 Å². The highest BCUT2D eigenvalue weighted by Crippen LogP contribution is 2.18. The molecule has 1 heterocycles. The normalized spacial score (nSPS) is 9.79. The molecule has 1 aromatic heterocycles. The quantitative estimate of drug-likeness (QED) is 0.572. The molecule has 0 aliphatic heterocycles. The molecule has 0 aromatic carbocycles. The summed E-state index contributed by atoms with van der Waals surface area (Å²) in [5.41, 5.74) is 4.47. The number of anilines is 1. The molecule has 0 bridgehead atoms. The number of pyridine rings is 1. The molecule has 4 N–H and O–H groups in total. The zero-order valence-corrected chi connectivity index (χ0v) is 7.53. The molecule has 0 saturated carbocycles. The summed E-state index contributed by atoms with van der Waals surface area (Å²) in [6.45, 7) is 1.79. The fourth-order valence-electron chi connectivity index (χ4n) is 0.983. The van der Waals surface area contributed by atoms with E-state index in [1.54, 1.807) is 6.92 Å². The molecule has 6 nitrogen and oxygen atoms in total. The minimum Gasteiger partial charge on any atom is -0.494 e. The third-order valence-electron chi connectivity index (χ3n) is 1.53. The minimum atomic E-state index is -0.765. The highest BCUT2D eigenvalue weighted by molar-refractivity contribution is 5.97. The molecule has 0 unspecified atom stereocenters. The number of H-pyrrole nitrogens is 1. The van der Waals surface area contributed by atoms with Gasteiger partial charge in [0.05, 0.1) is 12.3 Å². The van der Waals surface area contributed by atoms with Crippen LogP contribution in [-0.4, -0.2) is 22.7 Å². The van der Waals surface area contributed by atoms with Gasteiger partial charge in [-0.25, -0.2) is 4.79 Å². The lowest BCUT2D eigenvalue weighted by Gasteiger charge is -2.05. The number of nitrogens with one attached hydrogen (secondary N) is 1. The number of aromatic amines is 1. The van der Waals surface area contributed by atoms with E-state index in [2.05, 4.69) is 4.74 Å². The number of nitrogens with two attached hydrogens (primary N) is 1. The molecule has 0 aliphatic rings. The fourth-order valence-corrected chi connectivity index (χ4v) is 0.983. The zero-order valence-electron chi connectivity index (χ0n) is 7.53. The maximum absolute atomic E-state index is 11.2. The van der Waals surface area contributed by atoms with Crippen molar-refractivity contribution in [3.8, 4) is 5.88 Å². The number of aromatic nitrogens is 1. The highest BCUT2D eigenvalue weighted by atomic mass is 16.5. The van der Waals surface area contributed by atoms with Gasteiger partial charge < -0.3 is 15.6 Å². The third-order valence-corrected chi connectivity index (χ3v) is 1.53. The topological polar surface area (TPSA) is 105 Å². The van der Waals surface area contributed by atoms with Crippen LogP contribution < -0.4 is 11.3 Å². The largest absolute Gasteiger partial charge is 0.494 e. The van der Waals surface area contributed by atoms with E-state index in [1.807, 2.05) is 4.98 Å². The van der Waals surface area contributed by atoms with Crippen LogP contribution in [0.25, 0.3) is 0 Å². The molecule has 0 radical (unpaired) electrons. The first-order chi connectivity index (χ1) is 6.56. The van der Waals surface area contributed by atoms with Gasteiger partial charge in [-0.2, -0.15) is 0 Å². The Balaban J connectivity index is 3.21. The first-order valence-corrected chi connectivity index (χ1v) is 3.95. The lowest BCUT2D eigenvalue weighted by Crippen LogP contribution is -2.14. The fraction of sp³-hybridized carbons (Fsp3) is 0.250. The SMILES string of the molecule is CCOC(=O)c1c(N)cc(=O)[nH]c1O. The van der Waals surface area contributed by atoms with E-state index in [0.717, 1.165) is 6.07 Å². The summed E-state index contributed by atoms with van der Waals surface area (Å²) in [6, 6.07) is 1.01. The summed E-state index contributed by atoms with van der Waals surface area (Å²) in [4.78, 5) is 24.0. The Bertz CT molecular complexity index is 384. The van der Waals surface area contributed by atoms with Crippen LogP contribution in [0.15, 0.2) is 10.9 Å². The summed E-state index contributed by atoms with van der Waals surface area (Å²) in [5.74, 6) is -1.34. The predicted molar refractivity (Wildman–Crippen MR) is 49.1 cm³/mol. The number of carbonyl (C=O) groups is 1. The van der Waals surface area contributed by atoms with E-state index < -0.39 is 17.4 Å². The van der Waals surface area contributed by atoms with Crippen LogP contribution in [-0.2, 0) is 4.74 Å². The Hall–Kier alpha value is -1.98. The number of esters is 1. The van der Waals surface area contributed by atoms with E-state index in [-0.39, 0.29) is 17.9 Å². The summed E-state index contributed by atoms with van der Waals surface area (Å²) in [7, 11) is 0. The molecule has 14 heavy (non-hydrogen) atoms. The Labute approximate surface area is 79.3 Å². The van der Waals surface area contributed by atoms with Crippen molar-refractivity contribution in [1.29, 1.82) is 0 Å². The lowest BCUT2D eigenvalue weighted by molar-refractivity contribution is 0.0523. The van der Waals surface area contributed by atoms with E-state index in [0.29, 0.717) is 0 Å². The third kappa shape index (κ3) is 1.85. The van der Waals surface area contributed by atoms with E-state index in [9.17, 15) is 14.7 Å². The van der Waals surface area contributed by atoms with Crippen molar-refractivity contribution in [3.63, 3.8) is 0 Å². The maximum atomic E-state index is 11.2. The van der Waals surface area contributed by atoms with Crippen molar-refractivity contribution in [2.75, 3.05) is 12.3 Å². The van der Waals surface area contributed by atoms with Crippen LogP contribution in [0.4, 0.5) is 5.69 Å². The average Bonchev–Trinajstić information content (AvgIpc) is 2.01. The van der Waals surface area contributed by atoms with Crippen LogP contribution in [0.1, 0.15) is 17.3 Å². The van der Waals surface area contributed by atoms with Gasteiger partial charge in [-0.1, -0.05) is 0 Å². The predicted octanol–water partition coefficient (Wildman–Crippen LogP) is -0.161. The molecule has 0 fully saturated rings. The zero-order chi connectivity index (χ0) is 10.7. The monoisotopic (exact) mass is 198 g/mol. The van der Waals surface area contributed by atoms with E-state index in [4.69, 9.17) is 5.73 Å². The van der Waals surface area contributed by atoms with Gasteiger partial charge in [0, 0.05) is 6.07 Å². The van der Waals surface area contributed by atoms with Gasteiger partial charge in [0.1, 0.15) is 5.56 Å². The standard InChI is InChI=1S/C8H10N2O4/c1-2-14-8(13)6-4(9)3-5(11)10-7(6)12/h3H,2H2,1H3,(H4,9,10,11,12). The Morgan fingerprint density at radius 2 is 2.36 bits per heavy atom. The second-order valence-corrected chi connectivity index (χ2v) is 2.53. The number of rotatable bonds is 2. The second-order valence-electron chi connectivity index (χ2n) is 2.53. The molecule has 0 spiro atoms. The van der Waals surface area contributed by atoms with Crippen LogP contribution in [0.5, 0.6) is 5.88 Å². The second kappa shape index (κ2) is 3.82. The number of nitrogen functional groups attached to an aromatic ring is 1. The van der Waals surface area contributed by atoms with Crippen LogP contribution in [0.2, 0.25) is 0 Å². The van der Waals surface area contributed by atoms with Crippen molar-refractivity contribution >= 4 is 11.7 Å². The van der Waals surface area contributed by atoms with Crippen LogP contribution >= 0.6 is 0 Å². The molecule has 6 heteroatoms. The summed E-state index contributed by atoms with van der Waals surface area (Å²) in [5, 5.41) is 9.23. The van der Waals surface area contributed by atoms with Gasteiger partial charge >= 0.3 is 5.97 Å². The highest BCUT2D eigenvalue weighted by Gasteiger charge is 2.17. The molecule has 0 amide bonds. The minimum absolute atomic E-state index is 0.107. The molecule has 76 valence electrons. The molecular formula is C8H10N2O4. The number of carbonyl (C=O) groups excluding carboxylic acids is 1. The molecule has 0 atom stereocenters. The number of hydrogen-bond acceptors (Lipinski definition) is 5. The first kappa shape index (κ1) is 10.1. The van der Waals surface area contributed by atoms with Crippen molar-refractivity contribution in [2.45, 2.75) is 6.92 Å². The molecule has 0 aliphatic carbocycles. The van der Waals surface area contributed by atoms with Gasteiger partial charge in [0.25, 0.3) is 5.56 Å². The number of hydrogen-bond donors (Lipinski definition) is 3. The Kier molecular flexibility index (Phi) is 2.76. The Morgan fingerprint density at radius 3 is 2.86 bits per heavy atom. The molecule has 0 saturated heterocycles. The van der Waals surface area contributed by atoms with Gasteiger partial charge in [-0.05, 0) is 6.92 Å². The van der Waals surface area contributed by atoms with Crippen molar-refractivity contribution in [1.82, 2.24) is 4.98 Å². The molecule has 1 rings (SSSR count). The van der Waals surface area contributed by atoms with Crippen LogP contribution in [0.3, 0.4) is 0 Å². The van der Waals surface area contributed by atoms with Crippen LogP contribution in [0, 0.1) is 0 Å². The van der Waals surface area contributed by atoms with Gasteiger partial charge in [-0.15, -0.1) is 0 Å². The summed E-state index contributed by atoms with van der Waals surface area (Å²) >= 11 is 0. The average molecular weight is 198 g/mol. The van der Waals surface area contributed by atoms with E-state index >= 15 is 0 Å². The smallest absolute Gasteiger partial charge is 0.345 e. The lowest BCUT2D eigenvalue weighted by atomic mass is 10.2. The Morgan fingerprint density at radius 1 is 1.71 bits per heavy atom. The van der Waals surface area contributed by atoms with Crippen molar-refractivity contribution in [3.05, 3.63) is 22.0 Å². The first-order valence-electron chi connectivity index (χ1n) is 3.95. The van der Waals surface area contributed by atoms with Gasteiger partial charge in [-0.3, -0.25) is 9.78 Å². The number of ether oxygens (including phenoxy) is 1. The summed E-state index contributed by atoms with van der Waals surface area (Å²) in [6.07, 6.45) is 0. The number of aromatic hydroxyl groups is 1. The summed E-state index contributed by atoms with van der Waals surface area (Å²) < 4.78 is 4.63. The van der Waals surface area contributed by atoms with E-state index in [1.165, 1.54) is 0 Å². The van der Waals surface area contributed by atoms with Gasteiger partial charge in [0.15, 0.2) is 0 Å². The van der Waals surface area contributed by atoms with Crippen molar-refractivity contribution < 1.29 is 14.6 Å².